The molecular formula is C19H21N7O2. The van der Waals surface area contributed by atoms with Gasteiger partial charge in [-0.3, -0.25) is 0 Å². The second kappa shape index (κ2) is 7.29. The lowest BCUT2D eigenvalue weighted by Gasteiger charge is -2.19. The second-order valence-corrected chi connectivity index (χ2v) is 6.55. The Bertz CT molecular complexity index is 1000. The van der Waals surface area contributed by atoms with Crippen LogP contribution in [0.15, 0.2) is 48.8 Å². The fourth-order valence-corrected chi connectivity index (χ4v) is 2.87. The Balaban J connectivity index is 1.53. The number of aryl methyl sites for hydroxylation is 2. The van der Waals surface area contributed by atoms with Crippen LogP contribution in [-0.2, 0) is 6.61 Å². The van der Waals surface area contributed by atoms with Gasteiger partial charge in [0.05, 0.1) is 5.69 Å². The molecule has 0 unspecified atom stereocenters. The van der Waals surface area contributed by atoms with E-state index in [1.807, 2.05) is 44.2 Å². The quantitative estimate of drug-likeness (QED) is 0.707. The van der Waals surface area contributed by atoms with Crippen LogP contribution in [-0.4, -0.2) is 32.9 Å². The number of pyridine rings is 1. The van der Waals surface area contributed by atoms with Gasteiger partial charge in [-0.05, 0) is 37.1 Å². The molecule has 144 valence electrons. The Labute approximate surface area is 162 Å². The number of hydrazine groups is 3. The molecule has 2 N–H and O–H groups in total. The van der Waals surface area contributed by atoms with Crippen molar-refractivity contribution in [3.05, 3.63) is 65.5 Å². The van der Waals surface area contributed by atoms with E-state index < -0.39 is 0 Å². The number of ether oxygens (including phenoxy) is 1. The number of amides is 2. The molecule has 0 saturated carbocycles. The van der Waals surface area contributed by atoms with Crippen molar-refractivity contribution in [3.63, 3.8) is 0 Å². The zero-order valence-corrected chi connectivity index (χ0v) is 15.9. The van der Waals surface area contributed by atoms with Crippen molar-refractivity contribution in [1.29, 1.82) is 0 Å². The molecule has 9 nitrogen and oxygen atoms in total. The number of rotatable bonds is 5. The molecule has 0 spiro atoms. The number of carbonyl (C=O) groups excluding carboxylic acids is 1. The van der Waals surface area contributed by atoms with Crippen LogP contribution in [0.5, 0.6) is 5.88 Å². The van der Waals surface area contributed by atoms with Crippen LogP contribution in [0.2, 0.25) is 0 Å². The van der Waals surface area contributed by atoms with Crippen LogP contribution in [0.25, 0.3) is 5.82 Å². The number of hydrogen-bond acceptors (Lipinski definition) is 6. The fourth-order valence-electron chi connectivity index (χ4n) is 2.87. The molecule has 4 rings (SSSR count). The first kappa shape index (κ1) is 18.0. The molecule has 0 radical (unpaired) electrons. The Kier molecular flexibility index (Phi) is 4.68. The van der Waals surface area contributed by atoms with Crippen molar-refractivity contribution in [3.8, 4) is 11.7 Å². The highest BCUT2D eigenvalue weighted by Crippen LogP contribution is 2.26. The van der Waals surface area contributed by atoms with Crippen LogP contribution in [0.1, 0.15) is 16.7 Å². The van der Waals surface area contributed by atoms with Crippen molar-refractivity contribution in [2.75, 3.05) is 12.1 Å². The third-order valence-corrected chi connectivity index (χ3v) is 4.49. The number of nitrogens with zero attached hydrogens (tertiary/aromatic N) is 5. The summed E-state index contributed by atoms with van der Waals surface area (Å²) >= 11 is 0. The van der Waals surface area contributed by atoms with E-state index >= 15 is 0 Å². The van der Waals surface area contributed by atoms with Crippen LogP contribution < -0.4 is 20.8 Å². The van der Waals surface area contributed by atoms with Gasteiger partial charge in [0, 0.05) is 31.1 Å². The van der Waals surface area contributed by atoms with Gasteiger partial charge in [0.25, 0.3) is 0 Å². The highest BCUT2D eigenvalue weighted by atomic mass is 16.5. The van der Waals surface area contributed by atoms with Crippen molar-refractivity contribution in [2.24, 2.45) is 0 Å². The van der Waals surface area contributed by atoms with E-state index in [1.54, 1.807) is 30.2 Å². The minimum absolute atomic E-state index is 0.207. The van der Waals surface area contributed by atoms with E-state index in [9.17, 15) is 4.79 Å². The maximum atomic E-state index is 12.3. The largest absolute Gasteiger partial charge is 0.472 e. The molecule has 1 aromatic carbocycles. The van der Waals surface area contributed by atoms with Gasteiger partial charge in [-0.15, -0.1) is 16.2 Å². The summed E-state index contributed by atoms with van der Waals surface area (Å²) in [4.78, 5) is 16.6. The zero-order valence-electron chi connectivity index (χ0n) is 15.9. The van der Waals surface area contributed by atoms with Crippen LogP contribution >= 0.6 is 0 Å². The maximum absolute atomic E-state index is 12.3. The molecule has 1 fully saturated rings. The monoisotopic (exact) mass is 379 g/mol. The summed E-state index contributed by atoms with van der Waals surface area (Å²) < 4.78 is 7.57. The standard InChI is InChI=1S/C19H21N7O2/c1-13-7-8-17(20-11-13)25-10-9-18(21-25)28-12-15-14(2)5-4-6-16(15)26-19(27)24(3)22-23-26/h4-11,22-23H,12H2,1-3H3. The summed E-state index contributed by atoms with van der Waals surface area (Å²) in [5.41, 5.74) is 9.32. The van der Waals surface area contributed by atoms with Gasteiger partial charge in [0.15, 0.2) is 5.82 Å². The van der Waals surface area contributed by atoms with E-state index in [1.165, 1.54) is 10.0 Å². The third-order valence-electron chi connectivity index (χ3n) is 4.49. The minimum Gasteiger partial charge on any atom is -0.472 e. The normalized spacial score (nSPS) is 14.0. The lowest BCUT2D eigenvalue weighted by atomic mass is 10.1. The SMILES string of the molecule is Cc1ccc(-n2ccc(OCc3c(C)cccc3N3NNN(C)C3=O)n2)nc1. The zero-order chi connectivity index (χ0) is 19.7. The predicted molar refractivity (Wildman–Crippen MR) is 104 cm³/mol. The van der Waals surface area contributed by atoms with Gasteiger partial charge in [-0.1, -0.05) is 18.2 Å². The molecule has 1 aliphatic heterocycles. The van der Waals surface area contributed by atoms with Crippen molar-refractivity contribution in [1.82, 2.24) is 30.8 Å². The van der Waals surface area contributed by atoms with E-state index in [0.717, 1.165) is 28.2 Å². The number of urea groups is 1. The Morgan fingerprint density at radius 1 is 1.11 bits per heavy atom. The predicted octanol–water partition coefficient (Wildman–Crippen LogP) is 2.26. The van der Waals surface area contributed by atoms with Gasteiger partial charge < -0.3 is 4.74 Å². The molecule has 1 aliphatic rings. The molecule has 2 amide bonds. The Hall–Kier alpha value is -3.43. The number of carbonyl (C=O) groups is 1. The van der Waals surface area contributed by atoms with E-state index in [4.69, 9.17) is 4.74 Å². The Morgan fingerprint density at radius 3 is 2.68 bits per heavy atom. The summed E-state index contributed by atoms with van der Waals surface area (Å²) in [5, 5.41) is 7.23. The summed E-state index contributed by atoms with van der Waals surface area (Å²) in [7, 11) is 1.65. The molecule has 28 heavy (non-hydrogen) atoms. The van der Waals surface area contributed by atoms with Crippen molar-refractivity contribution >= 4 is 11.7 Å². The summed E-state index contributed by atoms with van der Waals surface area (Å²) in [6, 6.07) is 11.2. The number of anilines is 1. The molecule has 9 heteroatoms. The first-order valence-corrected chi connectivity index (χ1v) is 8.82. The van der Waals surface area contributed by atoms with Gasteiger partial charge >= 0.3 is 6.03 Å². The van der Waals surface area contributed by atoms with Gasteiger partial charge in [0.1, 0.15) is 6.61 Å². The molecule has 1 saturated heterocycles. The molecule has 3 aromatic rings. The van der Waals surface area contributed by atoms with Crippen molar-refractivity contribution in [2.45, 2.75) is 20.5 Å². The summed E-state index contributed by atoms with van der Waals surface area (Å²) in [5.74, 6) is 1.20. The summed E-state index contributed by atoms with van der Waals surface area (Å²) in [6.45, 7) is 4.24. The lowest BCUT2D eigenvalue weighted by Crippen LogP contribution is -2.38. The summed E-state index contributed by atoms with van der Waals surface area (Å²) in [6.07, 6.45) is 3.60. The average molecular weight is 379 g/mol. The number of nitrogens with one attached hydrogen (secondary N) is 2. The number of aromatic nitrogens is 3. The lowest BCUT2D eigenvalue weighted by molar-refractivity contribution is 0.214. The fraction of sp³-hybridized carbons (Fsp3) is 0.211. The number of benzene rings is 1. The van der Waals surface area contributed by atoms with E-state index in [0.29, 0.717) is 5.88 Å². The van der Waals surface area contributed by atoms with Crippen LogP contribution in [0.3, 0.4) is 0 Å². The van der Waals surface area contributed by atoms with Crippen molar-refractivity contribution < 1.29 is 9.53 Å². The minimum atomic E-state index is -0.207. The topological polar surface area (TPSA) is 87.5 Å². The van der Waals surface area contributed by atoms with Gasteiger partial charge in [-0.2, -0.15) is 0 Å². The molecule has 0 atom stereocenters. The highest BCUT2D eigenvalue weighted by molar-refractivity contribution is 5.92. The molecule has 0 aliphatic carbocycles. The first-order chi connectivity index (χ1) is 13.5. The third kappa shape index (κ3) is 3.40. The van der Waals surface area contributed by atoms with Crippen LogP contribution in [0, 0.1) is 13.8 Å². The maximum Gasteiger partial charge on any atom is 0.355 e. The second-order valence-electron chi connectivity index (χ2n) is 6.55. The van der Waals surface area contributed by atoms with E-state index in [2.05, 4.69) is 21.2 Å². The average Bonchev–Trinajstić information content (AvgIpc) is 3.29. The molecule has 0 bridgehead atoms. The van der Waals surface area contributed by atoms with Gasteiger partial charge in [0.2, 0.25) is 5.88 Å². The highest BCUT2D eigenvalue weighted by Gasteiger charge is 2.28. The molecule has 3 heterocycles. The van der Waals surface area contributed by atoms with E-state index in [-0.39, 0.29) is 12.6 Å². The van der Waals surface area contributed by atoms with Gasteiger partial charge in [-0.25, -0.2) is 24.5 Å². The molecule has 2 aromatic heterocycles. The Morgan fingerprint density at radius 2 is 1.96 bits per heavy atom. The smallest absolute Gasteiger partial charge is 0.355 e. The number of hydrogen-bond donors (Lipinski definition) is 2. The molecular weight excluding hydrogens is 358 g/mol. The van der Waals surface area contributed by atoms with Crippen LogP contribution in [0.4, 0.5) is 10.5 Å². The first-order valence-electron chi connectivity index (χ1n) is 8.82.